The van der Waals surface area contributed by atoms with Crippen molar-refractivity contribution in [2.24, 2.45) is 11.7 Å². The Labute approximate surface area is 154 Å². The molecule has 3 N–H and O–H groups in total. The van der Waals surface area contributed by atoms with Gasteiger partial charge in [0.15, 0.2) is 5.82 Å². The van der Waals surface area contributed by atoms with Gasteiger partial charge in [0.25, 0.3) is 0 Å². The number of hydrogen-bond donors (Lipinski definition) is 2. The fourth-order valence-corrected chi connectivity index (χ4v) is 3.38. The van der Waals surface area contributed by atoms with Crippen LogP contribution in [0.25, 0.3) is 0 Å². The lowest BCUT2D eigenvalue weighted by molar-refractivity contribution is -0.123. The number of carbonyl (C=O) groups is 1. The van der Waals surface area contributed by atoms with Crippen molar-refractivity contribution in [1.82, 2.24) is 20.1 Å². The number of aromatic nitrogens is 3. The lowest BCUT2D eigenvalue weighted by atomic mass is 9.93. The van der Waals surface area contributed by atoms with E-state index in [1.54, 1.807) is 4.68 Å². The van der Waals surface area contributed by atoms with Gasteiger partial charge in [-0.15, -0.1) is 0 Å². The average molecular weight is 353 g/mol. The van der Waals surface area contributed by atoms with Crippen molar-refractivity contribution in [2.75, 3.05) is 0 Å². The predicted octanol–water partition coefficient (Wildman–Crippen LogP) is 2.14. The highest BCUT2D eigenvalue weighted by Crippen LogP contribution is 2.32. The third-order valence-electron chi connectivity index (χ3n) is 5.31. The van der Waals surface area contributed by atoms with E-state index in [1.807, 2.05) is 18.2 Å². The number of hydrogen-bond acceptors (Lipinski definition) is 4. The molecule has 2 aliphatic rings. The zero-order chi connectivity index (χ0) is 17.9. The topological polar surface area (TPSA) is 85.8 Å². The molecule has 0 unspecified atom stereocenters. The minimum atomic E-state index is -0.269. The Morgan fingerprint density at radius 1 is 1.23 bits per heavy atom. The van der Waals surface area contributed by atoms with E-state index in [-0.39, 0.29) is 18.5 Å². The zero-order valence-electron chi connectivity index (χ0n) is 15.1. The number of benzene rings is 1. The number of nitrogens with two attached hydrogens (primary N) is 1. The summed E-state index contributed by atoms with van der Waals surface area (Å²) in [5, 5.41) is 7.68. The molecule has 2 aliphatic carbocycles. The zero-order valence-corrected chi connectivity index (χ0v) is 15.1. The van der Waals surface area contributed by atoms with Gasteiger partial charge in [0, 0.05) is 12.5 Å². The van der Waals surface area contributed by atoms with Crippen LogP contribution in [-0.4, -0.2) is 26.7 Å². The van der Waals surface area contributed by atoms with Gasteiger partial charge in [0.1, 0.15) is 12.4 Å². The maximum absolute atomic E-state index is 12.4. The minimum absolute atomic E-state index is 0.00531. The largest absolute Gasteiger partial charge is 0.352 e. The van der Waals surface area contributed by atoms with Crippen molar-refractivity contribution in [2.45, 2.75) is 63.6 Å². The average Bonchev–Trinajstić information content (AvgIpc) is 3.31. The summed E-state index contributed by atoms with van der Waals surface area (Å²) in [4.78, 5) is 17.1. The summed E-state index contributed by atoms with van der Waals surface area (Å²) in [5.41, 5.74) is 7.61. The monoisotopic (exact) mass is 353 g/mol. The molecule has 1 atom stereocenters. The number of rotatable bonds is 8. The molecular weight excluding hydrogens is 326 g/mol. The van der Waals surface area contributed by atoms with Crippen LogP contribution in [0.1, 0.15) is 55.4 Å². The summed E-state index contributed by atoms with van der Waals surface area (Å²) in [5.74, 6) is 2.24. The molecule has 1 aromatic carbocycles. The van der Waals surface area contributed by atoms with Crippen LogP contribution in [0, 0.1) is 5.92 Å². The molecule has 0 radical (unpaired) electrons. The lowest BCUT2D eigenvalue weighted by Gasteiger charge is -2.26. The molecule has 0 aliphatic heterocycles. The number of nitrogens with zero attached hydrogens (tertiary/aromatic N) is 3. The first-order valence-electron chi connectivity index (χ1n) is 9.70. The quantitative estimate of drug-likeness (QED) is 0.761. The fraction of sp³-hybridized carbons (Fsp3) is 0.550. The van der Waals surface area contributed by atoms with E-state index < -0.39 is 0 Å². The van der Waals surface area contributed by atoms with Gasteiger partial charge in [-0.1, -0.05) is 30.3 Å². The first kappa shape index (κ1) is 17.2. The van der Waals surface area contributed by atoms with Crippen molar-refractivity contribution in [3.63, 3.8) is 0 Å². The van der Waals surface area contributed by atoms with Crippen LogP contribution in [0.3, 0.4) is 0 Å². The lowest BCUT2D eigenvalue weighted by Crippen LogP contribution is -2.41. The van der Waals surface area contributed by atoms with Gasteiger partial charge in [-0.05, 0) is 50.0 Å². The second kappa shape index (κ2) is 7.58. The van der Waals surface area contributed by atoms with E-state index in [2.05, 4.69) is 22.5 Å². The predicted molar refractivity (Wildman–Crippen MR) is 99.3 cm³/mol. The van der Waals surface area contributed by atoms with Crippen LogP contribution in [0.15, 0.2) is 30.3 Å². The van der Waals surface area contributed by atoms with Crippen LogP contribution in [-0.2, 0) is 24.2 Å². The Kier molecular flexibility index (Phi) is 5.02. The van der Waals surface area contributed by atoms with Crippen molar-refractivity contribution >= 4 is 5.91 Å². The van der Waals surface area contributed by atoms with E-state index >= 15 is 0 Å². The molecular formula is C20H27N5O. The van der Waals surface area contributed by atoms with Gasteiger partial charge in [-0.3, -0.25) is 4.79 Å². The summed E-state index contributed by atoms with van der Waals surface area (Å²) >= 11 is 0. The third kappa shape index (κ3) is 4.30. The summed E-state index contributed by atoms with van der Waals surface area (Å²) in [7, 11) is 0. The van der Waals surface area contributed by atoms with Crippen LogP contribution in [0.4, 0.5) is 0 Å². The van der Waals surface area contributed by atoms with E-state index in [0.717, 1.165) is 30.7 Å². The Morgan fingerprint density at radius 2 is 2.00 bits per heavy atom. The molecule has 4 rings (SSSR count). The molecule has 1 heterocycles. The Morgan fingerprint density at radius 3 is 2.65 bits per heavy atom. The Bertz CT molecular complexity index is 749. The molecule has 0 bridgehead atoms. The molecule has 0 saturated heterocycles. The van der Waals surface area contributed by atoms with Gasteiger partial charge in [-0.25, -0.2) is 9.67 Å². The second-order valence-electron chi connectivity index (χ2n) is 7.68. The number of carbonyl (C=O) groups excluding carboxylic acids is 1. The third-order valence-corrected chi connectivity index (χ3v) is 5.31. The van der Waals surface area contributed by atoms with E-state index in [0.29, 0.717) is 24.2 Å². The van der Waals surface area contributed by atoms with Crippen LogP contribution >= 0.6 is 0 Å². The second-order valence-corrected chi connectivity index (χ2v) is 7.68. The maximum atomic E-state index is 12.4. The van der Waals surface area contributed by atoms with Gasteiger partial charge in [0.05, 0.1) is 6.04 Å². The van der Waals surface area contributed by atoms with Crippen LogP contribution in [0.5, 0.6) is 0 Å². The van der Waals surface area contributed by atoms with Crippen molar-refractivity contribution in [1.29, 1.82) is 0 Å². The van der Waals surface area contributed by atoms with Gasteiger partial charge in [-0.2, -0.15) is 5.10 Å². The van der Waals surface area contributed by atoms with Gasteiger partial charge < -0.3 is 11.1 Å². The van der Waals surface area contributed by atoms with Crippen LogP contribution in [0.2, 0.25) is 0 Å². The molecule has 6 heteroatoms. The van der Waals surface area contributed by atoms with Crippen LogP contribution < -0.4 is 11.1 Å². The first-order chi connectivity index (χ1) is 12.7. The summed E-state index contributed by atoms with van der Waals surface area (Å²) < 4.78 is 1.72. The van der Waals surface area contributed by atoms with Gasteiger partial charge in [0.2, 0.25) is 5.91 Å². The number of nitrogens with one attached hydrogen (secondary N) is 1. The Balaban J connectivity index is 1.48. The van der Waals surface area contributed by atoms with Crippen molar-refractivity contribution in [3.05, 3.63) is 47.5 Å². The minimum Gasteiger partial charge on any atom is -0.352 e. The van der Waals surface area contributed by atoms with E-state index in [4.69, 9.17) is 10.7 Å². The molecule has 2 fully saturated rings. The van der Waals surface area contributed by atoms with Gasteiger partial charge >= 0.3 is 0 Å². The maximum Gasteiger partial charge on any atom is 0.242 e. The summed E-state index contributed by atoms with van der Waals surface area (Å²) in [6.07, 6.45) is 7.44. The fourth-order valence-electron chi connectivity index (χ4n) is 3.38. The number of amides is 1. The SMILES string of the molecule is N[C@H](Cc1ccccc1)c1nc(CC2CC2)nn1CC(=O)NC1CCC1. The Hall–Kier alpha value is -2.21. The summed E-state index contributed by atoms with van der Waals surface area (Å²) in [6.45, 7) is 0.200. The molecule has 1 aromatic heterocycles. The summed E-state index contributed by atoms with van der Waals surface area (Å²) in [6, 6.07) is 10.2. The first-order valence-corrected chi connectivity index (χ1v) is 9.70. The molecule has 2 saturated carbocycles. The van der Waals surface area contributed by atoms with E-state index in [1.165, 1.54) is 19.3 Å². The molecule has 2 aromatic rings. The molecule has 6 nitrogen and oxygen atoms in total. The van der Waals surface area contributed by atoms with Crippen molar-refractivity contribution < 1.29 is 4.79 Å². The van der Waals surface area contributed by atoms with E-state index in [9.17, 15) is 4.79 Å². The standard InChI is InChI=1S/C20H27N5O/c21-17(11-14-5-2-1-3-6-14)20-23-18(12-15-9-10-15)24-25(20)13-19(26)22-16-7-4-8-16/h1-3,5-6,15-17H,4,7-13,21H2,(H,22,26)/t17-/m1/s1. The molecule has 0 spiro atoms. The molecule has 1 amide bonds. The smallest absolute Gasteiger partial charge is 0.242 e. The molecule has 26 heavy (non-hydrogen) atoms. The normalized spacial score (nSPS) is 18.3. The highest BCUT2D eigenvalue weighted by molar-refractivity contribution is 5.76. The van der Waals surface area contributed by atoms with Crippen molar-refractivity contribution in [3.8, 4) is 0 Å². The highest BCUT2D eigenvalue weighted by Gasteiger charge is 2.26. The highest BCUT2D eigenvalue weighted by atomic mass is 16.2. The molecule has 138 valence electrons.